The van der Waals surface area contributed by atoms with Gasteiger partial charge < -0.3 is 18.8 Å². The second kappa shape index (κ2) is 9.94. The fourth-order valence-corrected chi connectivity index (χ4v) is 4.75. The van der Waals surface area contributed by atoms with Crippen molar-refractivity contribution in [1.82, 2.24) is 9.47 Å². The van der Waals surface area contributed by atoms with Crippen LogP contribution in [-0.2, 0) is 18.4 Å². The maximum Gasteiger partial charge on any atom is 0.342 e. The highest BCUT2D eigenvalue weighted by Gasteiger charge is 2.26. The fraction of sp³-hybridized carbons (Fsp3) is 0.318. The highest BCUT2D eigenvalue weighted by atomic mass is 79.9. The predicted octanol–water partition coefficient (Wildman–Crippen LogP) is 6.12. The average Bonchev–Trinajstić information content (AvgIpc) is 2.97. The van der Waals surface area contributed by atoms with Gasteiger partial charge in [0.15, 0.2) is 6.23 Å². The van der Waals surface area contributed by atoms with E-state index in [2.05, 4.69) is 47.8 Å². The molecule has 0 spiro atoms. The number of hydrogen-bond donors (Lipinski definition) is 0. The highest BCUT2D eigenvalue weighted by Crippen LogP contribution is 2.36. The van der Waals surface area contributed by atoms with Gasteiger partial charge in [-0.25, -0.2) is 4.79 Å². The van der Waals surface area contributed by atoms with E-state index in [0.29, 0.717) is 22.8 Å². The number of rotatable bonds is 7. The summed E-state index contributed by atoms with van der Waals surface area (Å²) < 4.78 is 21.7. The number of carbonyl (C=O) groups is 1. The van der Waals surface area contributed by atoms with Crippen molar-refractivity contribution in [3.05, 3.63) is 55.0 Å². The van der Waals surface area contributed by atoms with E-state index in [1.807, 2.05) is 67.9 Å². The molecule has 0 fully saturated rings. The van der Waals surface area contributed by atoms with E-state index in [0.717, 1.165) is 24.3 Å². The molecule has 0 aliphatic rings. The number of benzene rings is 2. The summed E-state index contributed by atoms with van der Waals surface area (Å²) in [5, 5.41) is 0.743. The molecule has 3 aromatic rings. The first kappa shape index (κ1) is 24.1. The first-order valence-electron chi connectivity index (χ1n) is 9.44. The molecule has 0 saturated heterocycles. The molecule has 0 radical (unpaired) electrons. The number of carbonyl (C=O) groups excluding carboxylic acids is 1. The van der Waals surface area contributed by atoms with Crippen LogP contribution in [-0.4, -0.2) is 42.9 Å². The molecule has 1 aromatic heterocycles. The van der Waals surface area contributed by atoms with Crippen molar-refractivity contribution in [1.29, 1.82) is 0 Å². The molecule has 0 saturated carbocycles. The third-order valence-electron chi connectivity index (χ3n) is 5.06. The minimum absolute atomic E-state index is 0.187. The number of esters is 1. The van der Waals surface area contributed by atoms with E-state index >= 15 is 0 Å². The summed E-state index contributed by atoms with van der Waals surface area (Å²) in [5.41, 5.74) is 2.04. The molecule has 1 atom stereocenters. The largest absolute Gasteiger partial charge is 0.496 e. The molecule has 1 unspecified atom stereocenters. The molecule has 0 aliphatic carbocycles. The number of nitrogens with zero attached hydrogens (tertiary/aromatic N) is 2. The summed E-state index contributed by atoms with van der Waals surface area (Å²) in [6, 6.07) is 9.45. The third kappa shape index (κ3) is 5.10. The Hall–Kier alpha value is -1.55. The molecular weight excluding hydrogens is 596 g/mol. The van der Waals surface area contributed by atoms with Crippen LogP contribution in [0, 0.1) is 0 Å². The van der Waals surface area contributed by atoms with Crippen LogP contribution in [0.1, 0.15) is 23.0 Å². The van der Waals surface area contributed by atoms with Crippen LogP contribution in [0.2, 0.25) is 0 Å². The smallest absolute Gasteiger partial charge is 0.342 e. The normalized spacial score (nSPS) is 12.3. The molecule has 0 bridgehead atoms. The predicted molar refractivity (Wildman–Crippen MR) is 132 cm³/mol. The lowest BCUT2D eigenvalue weighted by molar-refractivity contribution is -0.00551. The van der Waals surface area contributed by atoms with Crippen LogP contribution in [0.25, 0.3) is 10.9 Å². The average molecular weight is 619 g/mol. The van der Waals surface area contributed by atoms with Crippen LogP contribution in [0.5, 0.6) is 11.5 Å². The Morgan fingerprint density at radius 3 is 2.39 bits per heavy atom. The van der Waals surface area contributed by atoms with Crippen molar-refractivity contribution >= 4 is 64.7 Å². The number of halogens is 3. The first-order chi connectivity index (χ1) is 14.6. The van der Waals surface area contributed by atoms with Crippen molar-refractivity contribution in [3.8, 4) is 11.5 Å². The van der Waals surface area contributed by atoms with Crippen molar-refractivity contribution in [2.24, 2.45) is 7.05 Å². The van der Waals surface area contributed by atoms with Gasteiger partial charge in [-0.15, -0.1) is 0 Å². The second-order valence-corrected chi connectivity index (χ2v) is 9.84. The minimum Gasteiger partial charge on any atom is -0.496 e. The van der Waals surface area contributed by atoms with E-state index in [1.54, 1.807) is 7.11 Å². The maximum atomic E-state index is 13.2. The Morgan fingerprint density at radius 1 is 1.10 bits per heavy atom. The van der Waals surface area contributed by atoms with Gasteiger partial charge in [0.2, 0.25) is 0 Å². The summed E-state index contributed by atoms with van der Waals surface area (Å²) in [6.45, 7) is 2.02. The number of hydrogen-bond acceptors (Lipinski definition) is 5. The topological polar surface area (TPSA) is 52.9 Å². The summed E-state index contributed by atoms with van der Waals surface area (Å²) in [5.74, 6) is 0.897. The molecule has 3 rings (SSSR count). The molecule has 0 aliphatic heterocycles. The Balaban J connectivity index is 2.09. The molecule has 6 nitrogen and oxygen atoms in total. The second-order valence-electron chi connectivity index (χ2n) is 7.22. The lowest BCUT2D eigenvalue weighted by atomic mass is 10.1. The van der Waals surface area contributed by atoms with Crippen LogP contribution >= 0.6 is 47.8 Å². The SMILES string of the molecule is COc1cc2c(C(=O)OC(C)N(C)C)c(COc3ccc(Br)cc3Br)n(C)c2cc1Br. The number of aryl methyl sites for hydroxylation is 1. The van der Waals surface area contributed by atoms with Crippen molar-refractivity contribution in [2.75, 3.05) is 21.2 Å². The molecule has 1 heterocycles. The van der Waals surface area contributed by atoms with Crippen LogP contribution in [0.4, 0.5) is 0 Å². The first-order valence-corrected chi connectivity index (χ1v) is 11.8. The third-order valence-corrected chi connectivity index (χ3v) is 6.79. The number of aromatic nitrogens is 1. The van der Waals surface area contributed by atoms with Crippen molar-refractivity contribution in [3.63, 3.8) is 0 Å². The van der Waals surface area contributed by atoms with E-state index in [9.17, 15) is 4.79 Å². The van der Waals surface area contributed by atoms with E-state index in [-0.39, 0.29) is 12.8 Å². The maximum absolute atomic E-state index is 13.2. The van der Waals surface area contributed by atoms with Crippen LogP contribution in [0.15, 0.2) is 43.7 Å². The lowest BCUT2D eigenvalue weighted by Crippen LogP contribution is -2.30. The molecule has 31 heavy (non-hydrogen) atoms. The Labute approximate surface area is 206 Å². The van der Waals surface area contributed by atoms with Crippen LogP contribution in [0.3, 0.4) is 0 Å². The van der Waals surface area contributed by atoms with Gasteiger partial charge in [0.05, 0.1) is 32.8 Å². The fourth-order valence-electron chi connectivity index (χ4n) is 3.10. The van der Waals surface area contributed by atoms with Gasteiger partial charge in [-0.05, 0) is 83.2 Å². The van der Waals surface area contributed by atoms with Gasteiger partial charge in [-0.1, -0.05) is 15.9 Å². The van der Waals surface area contributed by atoms with Gasteiger partial charge in [0.25, 0.3) is 0 Å². The molecule has 9 heteroatoms. The quantitative estimate of drug-likeness (QED) is 0.236. The van der Waals surface area contributed by atoms with Crippen LogP contribution < -0.4 is 9.47 Å². The Morgan fingerprint density at radius 2 is 1.77 bits per heavy atom. The minimum atomic E-state index is -0.412. The summed E-state index contributed by atoms with van der Waals surface area (Å²) in [4.78, 5) is 15.1. The van der Waals surface area contributed by atoms with Gasteiger partial charge >= 0.3 is 5.97 Å². The number of methoxy groups -OCH3 is 1. The van der Waals surface area contributed by atoms with E-state index in [1.165, 1.54) is 0 Å². The lowest BCUT2D eigenvalue weighted by Gasteiger charge is -2.20. The zero-order valence-electron chi connectivity index (χ0n) is 17.8. The zero-order valence-corrected chi connectivity index (χ0v) is 22.6. The molecule has 166 valence electrons. The van der Waals surface area contributed by atoms with Gasteiger partial charge in [0, 0.05) is 16.9 Å². The standard InChI is InChI=1S/C22H23Br3N2O4/c1-12(26(2)3)31-22(28)21-14-9-20(29-5)16(25)10-17(14)27(4)18(21)11-30-19-7-6-13(23)8-15(19)24/h6-10,12H,11H2,1-5H3. The monoisotopic (exact) mass is 616 g/mol. The van der Waals surface area contributed by atoms with E-state index in [4.69, 9.17) is 14.2 Å². The van der Waals surface area contributed by atoms with Crippen molar-refractivity contribution in [2.45, 2.75) is 19.8 Å². The number of ether oxygens (including phenoxy) is 3. The summed E-state index contributed by atoms with van der Waals surface area (Å²) in [6.07, 6.45) is -0.380. The van der Waals surface area contributed by atoms with Crippen molar-refractivity contribution < 1.29 is 19.0 Å². The molecular formula is C22H23Br3N2O4. The van der Waals surface area contributed by atoms with E-state index < -0.39 is 5.97 Å². The zero-order chi connectivity index (χ0) is 22.9. The summed E-state index contributed by atoms with van der Waals surface area (Å²) >= 11 is 10.5. The Bertz CT molecular complexity index is 1130. The van der Waals surface area contributed by atoms with Gasteiger partial charge in [0.1, 0.15) is 18.1 Å². The summed E-state index contributed by atoms with van der Waals surface area (Å²) in [7, 11) is 7.21. The van der Waals surface area contributed by atoms with Gasteiger partial charge in [-0.2, -0.15) is 0 Å². The molecule has 0 N–H and O–H groups in total. The Kier molecular flexibility index (Phi) is 7.72. The van der Waals surface area contributed by atoms with Gasteiger partial charge in [-0.3, -0.25) is 4.90 Å². The molecule has 2 aromatic carbocycles. The molecule has 0 amide bonds. The highest BCUT2D eigenvalue weighted by molar-refractivity contribution is 9.11. The number of fused-ring (bicyclic) bond motifs is 1.